The van der Waals surface area contributed by atoms with Crippen LogP contribution in [0.2, 0.25) is 10.0 Å². The number of likely N-dealkylation sites (tertiary alicyclic amines) is 1. The van der Waals surface area contributed by atoms with Crippen LogP contribution in [0.25, 0.3) is 0 Å². The summed E-state index contributed by atoms with van der Waals surface area (Å²) >= 11 is 12.7. The summed E-state index contributed by atoms with van der Waals surface area (Å²) in [7, 11) is 0. The van der Waals surface area contributed by atoms with Crippen molar-refractivity contribution in [2.24, 2.45) is 0 Å². The molecule has 1 fully saturated rings. The molecule has 5 rings (SSSR count). The van der Waals surface area contributed by atoms with Gasteiger partial charge in [0, 0.05) is 39.6 Å². The minimum Gasteiger partial charge on any atom is -0.347 e. The molecular formula is C39H39Cl2F6N3O. The van der Waals surface area contributed by atoms with E-state index in [0.717, 1.165) is 28.8 Å². The van der Waals surface area contributed by atoms with Crippen LogP contribution in [0, 0.1) is 0 Å². The molecule has 272 valence electrons. The molecule has 1 saturated heterocycles. The van der Waals surface area contributed by atoms with Crippen LogP contribution >= 0.6 is 23.2 Å². The number of carbonyl (C=O) groups is 1. The van der Waals surface area contributed by atoms with E-state index < -0.39 is 29.0 Å². The molecule has 51 heavy (non-hydrogen) atoms. The zero-order chi connectivity index (χ0) is 36.8. The van der Waals surface area contributed by atoms with Gasteiger partial charge in [-0.3, -0.25) is 9.69 Å². The minimum atomic E-state index is -4.95. The molecule has 0 aromatic heterocycles. The van der Waals surface area contributed by atoms with E-state index in [1.54, 1.807) is 12.1 Å². The van der Waals surface area contributed by atoms with Gasteiger partial charge in [-0.05, 0) is 84.3 Å². The number of piperidine rings is 1. The Morgan fingerprint density at radius 1 is 0.784 bits per heavy atom. The SMILES string of the molecule is CC(=O)NC1(c2ccccc2)CCN(CCC(CN(Cc2ccccc2)Cc2cc(C(F)(F)F)cc(C(F)(F)F)c2)c2ccc(Cl)c(Cl)c2)CC1. The van der Waals surface area contributed by atoms with Gasteiger partial charge >= 0.3 is 12.4 Å². The molecule has 0 aliphatic carbocycles. The van der Waals surface area contributed by atoms with Gasteiger partial charge in [0.1, 0.15) is 0 Å². The average molecular weight is 751 g/mol. The first kappa shape index (κ1) is 38.7. The number of benzene rings is 4. The van der Waals surface area contributed by atoms with E-state index in [0.29, 0.717) is 55.5 Å². The third kappa shape index (κ3) is 10.5. The van der Waals surface area contributed by atoms with Crippen molar-refractivity contribution in [3.05, 3.63) is 140 Å². The van der Waals surface area contributed by atoms with Crippen molar-refractivity contribution in [1.82, 2.24) is 15.1 Å². The number of halogens is 8. The van der Waals surface area contributed by atoms with Gasteiger partial charge < -0.3 is 10.2 Å². The fraction of sp³-hybridized carbons (Fsp3) is 0.359. The Hall–Kier alpha value is -3.57. The number of hydrogen-bond donors (Lipinski definition) is 1. The zero-order valence-electron chi connectivity index (χ0n) is 28.0. The fourth-order valence-electron chi connectivity index (χ4n) is 6.91. The van der Waals surface area contributed by atoms with Crippen molar-refractivity contribution in [1.29, 1.82) is 0 Å². The monoisotopic (exact) mass is 749 g/mol. The largest absolute Gasteiger partial charge is 0.416 e. The van der Waals surface area contributed by atoms with Crippen LogP contribution in [-0.4, -0.2) is 41.9 Å². The summed E-state index contributed by atoms with van der Waals surface area (Å²) in [4.78, 5) is 16.4. The molecule has 1 amide bonds. The Labute approximate surface area is 304 Å². The second-order valence-electron chi connectivity index (χ2n) is 13.2. The van der Waals surface area contributed by atoms with Gasteiger partial charge in [-0.2, -0.15) is 26.3 Å². The molecule has 1 atom stereocenters. The third-order valence-corrected chi connectivity index (χ3v) is 10.2. The van der Waals surface area contributed by atoms with Crippen molar-refractivity contribution < 1.29 is 31.1 Å². The van der Waals surface area contributed by atoms with Crippen LogP contribution in [0.5, 0.6) is 0 Å². The fourth-order valence-corrected chi connectivity index (χ4v) is 7.22. The third-order valence-electron chi connectivity index (χ3n) is 9.44. The molecule has 1 aliphatic heterocycles. The van der Waals surface area contributed by atoms with E-state index >= 15 is 0 Å². The maximum absolute atomic E-state index is 13.8. The summed E-state index contributed by atoms with van der Waals surface area (Å²) in [6, 6.07) is 26.2. The smallest absolute Gasteiger partial charge is 0.347 e. The van der Waals surface area contributed by atoms with Crippen LogP contribution < -0.4 is 5.32 Å². The summed E-state index contributed by atoms with van der Waals surface area (Å²) in [5.74, 6) is -0.305. The number of rotatable bonds is 12. The maximum atomic E-state index is 13.8. The summed E-state index contributed by atoms with van der Waals surface area (Å²) < 4.78 is 82.7. The maximum Gasteiger partial charge on any atom is 0.416 e. The standard InChI is InChI=1S/C39H39Cl2F6N3O/c1-27(51)48-37(32-10-6-3-7-11-32)15-18-49(19-16-37)17-14-31(30-12-13-35(40)36(41)22-30)26-50(24-28-8-4-2-5-9-28)25-29-20-33(38(42,43)44)23-34(21-29)39(45,46)47/h2-13,20-23,31H,14-19,24-26H2,1H3,(H,48,51). The number of alkyl halides is 6. The van der Waals surface area contributed by atoms with Gasteiger partial charge in [-0.15, -0.1) is 0 Å². The molecule has 0 saturated carbocycles. The summed E-state index contributed by atoms with van der Waals surface area (Å²) in [5, 5.41) is 3.91. The lowest BCUT2D eigenvalue weighted by Gasteiger charge is -2.43. The van der Waals surface area contributed by atoms with Gasteiger partial charge in [0.05, 0.1) is 26.7 Å². The molecule has 4 nitrogen and oxygen atoms in total. The van der Waals surface area contributed by atoms with Crippen LogP contribution in [-0.2, 0) is 35.8 Å². The highest BCUT2D eigenvalue weighted by Crippen LogP contribution is 2.38. The lowest BCUT2D eigenvalue weighted by Crippen LogP contribution is -2.52. The molecule has 0 spiro atoms. The number of amides is 1. The van der Waals surface area contributed by atoms with Crippen molar-refractivity contribution in [2.45, 2.75) is 63.1 Å². The Morgan fingerprint density at radius 3 is 1.90 bits per heavy atom. The first-order chi connectivity index (χ1) is 24.1. The first-order valence-electron chi connectivity index (χ1n) is 16.7. The van der Waals surface area contributed by atoms with Gasteiger partial charge in [0.2, 0.25) is 5.91 Å². The van der Waals surface area contributed by atoms with E-state index in [2.05, 4.69) is 10.2 Å². The highest BCUT2D eigenvalue weighted by Gasteiger charge is 2.38. The molecule has 1 N–H and O–H groups in total. The Morgan fingerprint density at radius 2 is 1.35 bits per heavy atom. The number of nitrogens with zero attached hydrogens (tertiary/aromatic N) is 2. The van der Waals surface area contributed by atoms with Gasteiger partial charge in [0.25, 0.3) is 0 Å². The van der Waals surface area contributed by atoms with Crippen molar-refractivity contribution in [3.63, 3.8) is 0 Å². The molecule has 0 radical (unpaired) electrons. The molecular weight excluding hydrogens is 711 g/mol. The minimum absolute atomic E-state index is 0.0905. The molecule has 12 heteroatoms. The van der Waals surface area contributed by atoms with E-state index in [9.17, 15) is 31.1 Å². The topological polar surface area (TPSA) is 35.6 Å². The first-order valence-corrected chi connectivity index (χ1v) is 17.4. The van der Waals surface area contributed by atoms with E-state index in [1.165, 1.54) is 6.92 Å². The normalized spacial score (nSPS) is 15.9. The van der Waals surface area contributed by atoms with Gasteiger partial charge in [0.15, 0.2) is 0 Å². The second kappa shape index (κ2) is 16.4. The van der Waals surface area contributed by atoms with E-state index in [4.69, 9.17) is 23.2 Å². The van der Waals surface area contributed by atoms with Gasteiger partial charge in [-0.25, -0.2) is 0 Å². The van der Waals surface area contributed by atoms with Crippen LogP contribution in [0.15, 0.2) is 97.1 Å². The lowest BCUT2D eigenvalue weighted by molar-refractivity contribution is -0.143. The van der Waals surface area contributed by atoms with E-state index in [1.807, 2.05) is 71.6 Å². The lowest BCUT2D eigenvalue weighted by atomic mass is 9.80. The second-order valence-corrected chi connectivity index (χ2v) is 14.0. The molecule has 4 aromatic carbocycles. The van der Waals surface area contributed by atoms with Crippen molar-refractivity contribution >= 4 is 29.1 Å². The molecule has 1 aliphatic rings. The number of carbonyl (C=O) groups excluding carboxylic acids is 1. The van der Waals surface area contributed by atoms with Crippen molar-refractivity contribution in [3.8, 4) is 0 Å². The summed E-state index contributed by atoms with van der Waals surface area (Å²) in [5.41, 5.74) is -0.496. The van der Waals surface area contributed by atoms with Crippen molar-refractivity contribution in [2.75, 3.05) is 26.2 Å². The van der Waals surface area contributed by atoms with Crippen LogP contribution in [0.4, 0.5) is 26.3 Å². The summed E-state index contributed by atoms with van der Waals surface area (Å²) in [6.07, 6.45) is -7.88. The zero-order valence-corrected chi connectivity index (χ0v) is 29.5. The molecule has 1 unspecified atom stereocenters. The molecule has 0 bridgehead atoms. The predicted molar refractivity (Wildman–Crippen MR) is 188 cm³/mol. The predicted octanol–water partition coefficient (Wildman–Crippen LogP) is 10.3. The highest BCUT2D eigenvalue weighted by atomic mass is 35.5. The summed E-state index contributed by atoms with van der Waals surface area (Å²) in [6.45, 7) is 4.05. The Bertz CT molecular complexity index is 1730. The van der Waals surface area contributed by atoms with Crippen LogP contribution in [0.3, 0.4) is 0 Å². The number of nitrogens with one attached hydrogen (secondary N) is 1. The Balaban J connectivity index is 1.41. The molecule has 4 aromatic rings. The highest BCUT2D eigenvalue weighted by molar-refractivity contribution is 6.42. The quantitative estimate of drug-likeness (QED) is 0.147. The average Bonchev–Trinajstić information content (AvgIpc) is 3.08. The number of hydrogen-bond acceptors (Lipinski definition) is 3. The van der Waals surface area contributed by atoms with Crippen LogP contribution in [0.1, 0.15) is 65.5 Å². The van der Waals surface area contributed by atoms with E-state index in [-0.39, 0.29) is 36.5 Å². The Kier molecular flexibility index (Phi) is 12.4. The molecule has 1 heterocycles. The van der Waals surface area contributed by atoms with Gasteiger partial charge in [-0.1, -0.05) is 89.9 Å².